The summed E-state index contributed by atoms with van der Waals surface area (Å²) in [5.41, 5.74) is 0. The van der Waals surface area contributed by atoms with Gasteiger partial charge >= 0.3 is 37.2 Å². The zero-order chi connectivity index (χ0) is 0. The van der Waals surface area contributed by atoms with Crippen molar-refractivity contribution in [2.75, 3.05) is 0 Å². The van der Waals surface area contributed by atoms with E-state index in [9.17, 15) is 0 Å². The molecule has 16 valence electrons. The average Bonchev–Trinajstić information content (AvgIpc) is 0. The summed E-state index contributed by atoms with van der Waals surface area (Å²) in [6.07, 6.45) is 0. The van der Waals surface area contributed by atoms with Crippen molar-refractivity contribution in [3.8, 4) is 0 Å². The molecular formula is AlGaN2. The molecule has 0 rings (SSSR count). The van der Waals surface area contributed by atoms with Crippen molar-refractivity contribution in [3.63, 3.8) is 0 Å². The van der Waals surface area contributed by atoms with Crippen molar-refractivity contribution < 1.29 is 0 Å². The van der Waals surface area contributed by atoms with E-state index in [4.69, 9.17) is 0 Å². The van der Waals surface area contributed by atoms with Crippen LogP contribution in [0.15, 0.2) is 0 Å². The molecule has 0 aliphatic rings. The normalized spacial score (nSPS) is 0. The van der Waals surface area contributed by atoms with Crippen molar-refractivity contribution in [3.05, 3.63) is 12.3 Å². The van der Waals surface area contributed by atoms with Crippen LogP contribution in [0.1, 0.15) is 0 Å². The van der Waals surface area contributed by atoms with Crippen molar-refractivity contribution in [2.24, 2.45) is 0 Å². The summed E-state index contributed by atoms with van der Waals surface area (Å²) in [7, 11) is 0. The maximum atomic E-state index is 0. The minimum Gasteiger partial charge on any atom is -3.00 e. The van der Waals surface area contributed by atoms with Gasteiger partial charge in [0.15, 0.2) is 0 Å². The third-order valence-corrected chi connectivity index (χ3v) is 0. The van der Waals surface area contributed by atoms with Crippen molar-refractivity contribution in [1.82, 2.24) is 0 Å². The van der Waals surface area contributed by atoms with Gasteiger partial charge in [0, 0.05) is 0 Å². The fraction of sp³-hybridized carbons (Fsp3) is 0. The molecule has 0 bridgehead atoms. The summed E-state index contributed by atoms with van der Waals surface area (Å²) in [5.74, 6) is 0. The zero-order valence-corrected chi connectivity index (χ0v) is 5.63. The molecule has 0 aromatic carbocycles. The molecule has 0 aliphatic carbocycles. The van der Waals surface area contributed by atoms with Gasteiger partial charge in [0.05, 0.1) is 0 Å². The van der Waals surface area contributed by atoms with Gasteiger partial charge < -0.3 is 12.3 Å². The van der Waals surface area contributed by atoms with E-state index >= 15 is 0 Å². The Morgan fingerprint density at radius 1 is 0.750 bits per heavy atom. The van der Waals surface area contributed by atoms with Gasteiger partial charge in [-0.15, -0.1) is 0 Å². The van der Waals surface area contributed by atoms with Crippen LogP contribution in [0.25, 0.3) is 12.3 Å². The van der Waals surface area contributed by atoms with Crippen LogP contribution >= 0.6 is 0 Å². The average molecular weight is 125 g/mol. The third-order valence-electron chi connectivity index (χ3n) is 0. The molecular weight excluding hydrogens is 125 g/mol. The van der Waals surface area contributed by atoms with E-state index in [-0.39, 0.29) is 49.5 Å². The van der Waals surface area contributed by atoms with E-state index in [1.165, 1.54) is 0 Å². The summed E-state index contributed by atoms with van der Waals surface area (Å²) in [6.45, 7) is 0. The molecule has 0 saturated heterocycles. The fourth-order valence-electron chi connectivity index (χ4n) is 0. The molecule has 4 heteroatoms. The Morgan fingerprint density at radius 2 is 0.750 bits per heavy atom. The van der Waals surface area contributed by atoms with E-state index in [0.29, 0.717) is 0 Å². The molecule has 0 atom stereocenters. The van der Waals surface area contributed by atoms with Crippen LogP contribution in [-0.2, 0) is 0 Å². The quantitative estimate of drug-likeness (QED) is 0.403. The van der Waals surface area contributed by atoms with E-state index < -0.39 is 0 Å². The Labute approximate surface area is 49.7 Å². The standard InChI is InChI=1S/Al.Ga.2N/q2*+3;2*-3. The molecule has 0 saturated carbocycles. The molecule has 0 fully saturated rings. The molecule has 4 heavy (non-hydrogen) atoms. The van der Waals surface area contributed by atoms with Gasteiger partial charge in [-0.05, 0) is 0 Å². The van der Waals surface area contributed by atoms with Gasteiger partial charge in [0.1, 0.15) is 0 Å². The molecule has 0 aromatic rings. The SMILES string of the molecule is [Al+3].[Ga+3].[N-3].[N-3]. The molecule has 0 spiro atoms. The second-order valence-corrected chi connectivity index (χ2v) is 0. The molecule has 0 amide bonds. The van der Waals surface area contributed by atoms with E-state index in [0.717, 1.165) is 0 Å². The maximum absolute atomic E-state index is 0. The van der Waals surface area contributed by atoms with Crippen LogP contribution in [0, 0.1) is 0 Å². The van der Waals surface area contributed by atoms with Gasteiger partial charge in [0.2, 0.25) is 0 Å². The van der Waals surface area contributed by atoms with Crippen LogP contribution in [-0.4, -0.2) is 37.2 Å². The van der Waals surface area contributed by atoms with Crippen LogP contribution in [0.2, 0.25) is 0 Å². The van der Waals surface area contributed by atoms with E-state index in [2.05, 4.69) is 0 Å². The number of nitrogens with zero attached hydrogens (tertiary/aromatic N) is 2. The first-order chi connectivity index (χ1) is 0. The largest absolute Gasteiger partial charge is 3.00 e. The Kier molecular flexibility index (Phi) is 590. The predicted octanol–water partition coefficient (Wildman–Crippen LogP) is -0.184. The van der Waals surface area contributed by atoms with Gasteiger partial charge in [-0.3, -0.25) is 0 Å². The van der Waals surface area contributed by atoms with Crippen LogP contribution < -0.4 is 0 Å². The van der Waals surface area contributed by atoms with Gasteiger partial charge in [-0.1, -0.05) is 0 Å². The first kappa shape index (κ1) is 71.8. The zero-order valence-electron chi connectivity index (χ0n) is 2.05. The number of hydrogen-bond donors (Lipinski definition) is 0. The summed E-state index contributed by atoms with van der Waals surface area (Å²) in [5, 5.41) is 0. The molecule has 0 aromatic heterocycles. The number of rotatable bonds is 0. The van der Waals surface area contributed by atoms with Crippen molar-refractivity contribution >= 4 is 37.2 Å². The Bertz CT molecular complexity index is 6.00. The smallest absolute Gasteiger partial charge is 3.00 e. The summed E-state index contributed by atoms with van der Waals surface area (Å²) in [4.78, 5) is 0. The molecule has 2 nitrogen and oxygen atoms in total. The van der Waals surface area contributed by atoms with Crippen LogP contribution in [0.4, 0.5) is 0 Å². The second-order valence-electron chi connectivity index (χ2n) is 0. The monoisotopic (exact) mass is 124 g/mol. The Hall–Kier alpha value is 1.09. The molecule has 0 radical (unpaired) electrons. The van der Waals surface area contributed by atoms with Crippen molar-refractivity contribution in [1.29, 1.82) is 0 Å². The van der Waals surface area contributed by atoms with Gasteiger partial charge in [-0.25, -0.2) is 0 Å². The first-order valence-electron chi connectivity index (χ1n) is 0. The van der Waals surface area contributed by atoms with Crippen LogP contribution in [0.3, 0.4) is 0 Å². The molecule has 0 aliphatic heterocycles. The minimum absolute atomic E-state index is 0. The Morgan fingerprint density at radius 3 is 0.750 bits per heavy atom. The fourth-order valence-corrected chi connectivity index (χ4v) is 0. The topological polar surface area (TPSA) is 61.0 Å². The molecule has 0 N–H and O–H groups in total. The van der Waals surface area contributed by atoms with Gasteiger partial charge in [-0.2, -0.15) is 0 Å². The van der Waals surface area contributed by atoms with Crippen LogP contribution in [0.5, 0.6) is 0 Å². The van der Waals surface area contributed by atoms with Gasteiger partial charge in [0.25, 0.3) is 0 Å². The van der Waals surface area contributed by atoms with E-state index in [1.807, 2.05) is 0 Å². The molecule has 0 heterocycles. The minimum atomic E-state index is 0. The summed E-state index contributed by atoms with van der Waals surface area (Å²) < 4.78 is 0. The Balaban J connectivity index is 0. The molecule has 0 unspecified atom stereocenters. The number of hydrogen-bond acceptors (Lipinski definition) is 0. The van der Waals surface area contributed by atoms with E-state index in [1.54, 1.807) is 0 Å². The van der Waals surface area contributed by atoms with Crippen molar-refractivity contribution in [2.45, 2.75) is 0 Å². The maximum Gasteiger partial charge on any atom is 3.00 e. The summed E-state index contributed by atoms with van der Waals surface area (Å²) in [6, 6.07) is 0. The first-order valence-corrected chi connectivity index (χ1v) is 0. The summed E-state index contributed by atoms with van der Waals surface area (Å²) >= 11 is 0. The third kappa shape index (κ3) is 11.4. The predicted molar refractivity (Wildman–Crippen MR) is 18.2 cm³/mol. The second kappa shape index (κ2) is 32.9.